The van der Waals surface area contributed by atoms with E-state index in [9.17, 15) is 14.7 Å². The highest BCUT2D eigenvalue weighted by Crippen LogP contribution is 2.10. The summed E-state index contributed by atoms with van der Waals surface area (Å²) in [5, 5.41) is 17.9. The summed E-state index contributed by atoms with van der Waals surface area (Å²) >= 11 is 0. The molecule has 0 aliphatic heterocycles. The molecule has 1 unspecified atom stereocenters. The molecule has 2 N–H and O–H groups in total. The minimum Gasteiger partial charge on any atom is -0.479 e. The number of carbonyl (C=O) groups excluding carboxylic acids is 1. The maximum absolute atomic E-state index is 11.1. The van der Waals surface area contributed by atoms with Crippen LogP contribution in [0.25, 0.3) is 0 Å². The summed E-state index contributed by atoms with van der Waals surface area (Å²) < 4.78 is 34.0. The van der Waals surface area contributed by atoms with Gasteiger partial charge in [0.05, 0.1) is 0 Å². The van der Waals surface area contributed by atoms with Crippen molar-refractivity contribution in [1.82, 2.24) is 0 Å². The number of carboxylic acids is 1. The van der Waals surface area contributed by atoms with E-state index in [0.717, 1.165) is 0 Å². The van der Waals surface area contributed by atoms with E-state index in [4.69, 9.17) is 12.0 Å². The van der Waals surface area contributed by atoms with Crippen LogP contribution < -0.4 is 0 Å². The van der Waals surface area contributed by atoms with Crippen LogP contribution in [0.2, 0.25) is 0 Å². The van der Waals surface area contributed by atoms with Gasteiger partial charge in [0.15, 0.2) is 5.78 Å². The number of rotatable bonds is 3. The lowest BCUT2D eigenvalue weighted by atomic mass is 10.8. The van der Waals surface area contributed by atoms with Crippen LogP contribution in [0.4, 0.5) is 0 Å². The second kappa shape index (κ2) is 2.79. The zero-order chi connectivity index (χ0) is 12.7. The molecule has 0 radical (unpaired) electrons. The molecule has 0 bridgehead atoms. The molecule has 10 heavy (non-hydrogen) atoms. The van der Waals surface area contributed by atoms with Gasteiger partial charge >= 0.3 is 5.97 Å². The average molecular weight is 156 g/mol. The van der Waals surface area contributed by atoms with Gasteiger partial charge in [0, 0.05) is 6.85 Å². The summed E-state index contributed by atoms with van der Waals surface area (Å²) in [5.74, 6) is -4.27. The van der Waals surface area contributed by atoms with Gasteiger partial charge in [0.1, 0.15) is 0 Å². The molecule has 1 atom stereocenters. The first-order valence-corrected chi connectivity index (χ1v) is 2.36. The molecule has 0 aromatic rings. The maximum atomic E-state index is 11.1. The van der Waals surface area contributed by atoms with E-state index in [1.54, 1.807) is 0 Å². The van der Waals surface area contributed by atoms with Crippen molar-refractivity contribution < 1.29 is 26.7 Å². The van der Waals surface area contributed by atoms with Gasteiger partial charge < -0.3 is 10.2 Å². The van der Waals surface area contributed by atoms with E-state index in [-0.39, 0.29) is 0 Å². The maximum Gasteiger partial charge on any atom is 0.343 e. The number of ketones is 1. The Kier molecular flexibility index (Phi) is 0.970. The molecule has 0 heterocycles. The van der Waals surface area contributed by atoms with Gasteiger partial charge in [-0.3, -0.25) is 4.79 Å². The highest BCUT2D eigenvalue weighted by atomic mass is 16.6. The van der Waals surface area contributed by atoms with E-state index in [2.05, 4.69) is 0 Å². The van der Waals surface area contributed by atoms with Crippen LogP contribution in [0.3, 0.4) is 0 Å². The summed E-state index contributed by atoms with van der Waals surface area (Å²) in [5.41, 5.74) is -3.57. The Morgan fingerprint density at radius 3 is 2.40 bits per heavy atom. The summed E-state index contributed by atoms with van der Waals surface area (Å²) in [6.45, 7) is -2.76. The number of carbonyl (C=O) groups is 2. The van der Waals surface area contributed by atoms with Gasteiger partial charge in [-0.2, -0.15) is 0 Å². The quantitative estimate of drug-likeness (QED) is 0.438. The van der Waals surface area contributed by atoms with Crippen molar-refractivity contribution in [3.05, 3.63) is 0 Å². The monoisotopic (exact) mass is 156 g/mol. The predicted molar refractivity (Wildman–Crippen MR) is 33.6 cm³/mol. The third kappa shape index (κ3) is 1.33. The molecular formula is C6H10O4. The highest BCUT2D eigenvalue weighted by molar-refractivity contribution is 6.04. The summed E-state index contributed by atoms with van der Waals surface area (Å²) in [6, 6.07) is 0. The topological polar surface area (TPSA) is 74.6 Å². The van der Waals surface area contributed by atoms with Gasteiger partial charge in [-0.15, -0.1) is 0 Å². The summed E-state index contributed by atoms with van der Waals surface area (Å²) in [6.07, 6.45) is -2.90. The minimum absolute atomic E-state index is 0.616. The lowest BCUT2D eigenvalue weighted by molar-refractivity contribution is -0.164. The first kappa shape index (κ1) is 3.48. The molecule has 0 aliphatic rings. The van der Waals surface area contributed by atoms with Crippen LogP contribution in [-0.4, -0.2) is 27.6 Å². The normalized spacial score (nSPS) is 26.0. The zero-order valence-corrected chi connectivity index (χ0v) is 5.21. The average Bonchev–Trinajstić information content (AvgIpc) is 1.97. The lowest BCUT2D eigenvalue weighted by Gasteiger charge is -2.16. The molecular weight excluding hydrogens is 141 g/mol. The Bertz CT molecular complexity index is 291. The van der Waals surface area contributed by atoms with Crippen LogP contribution in [0.1, 0.15) is 27.0 Å². The molecule has 0 fully saturated rings. The van der Waals surface area contributed by atoms with Gasteiger partial charge in [-0.05, 0) is 13.2 Å². The van der Waals surface area contributed by atoms with E-state index < -0.39 is 30.6 Å². The smallest absolute Gasteiger partial charge is 0.343 e. The first-order valence-electron chi connectivity index (χ1n) is 4.86. The van der Waals surface area contributed by atoms with Gasteiger partial charge in [-0.1, -0.05) is 6.92 Å². The van der Waals surface area contributed by atoms with Crippen molar-refractivity contribution in [3.8, 4) is 0 Å². The fourth-order valence-corrected chi connectivity index (χ4v) is 0.318. The third-order valence-electron chi connectivity index (χ3n) is 1.000. The number of hydrogen-bond donors (Lipinski definition) is 2. The number of aliphatic hydroxyl groups is 1. The third-order valence-corrected chi connectivity index (χ3v) is 1.000. The van der Waals surface area contributed by atoms with Gasteiger partial charge in [-0.25, -0.2) is 4.79 Å². The second-order valence-electron chi connectivity index (χ2n) is 1.59. The standard InChI is InChI=1S/C6H10O4/c1-3-6(10,4(2)7)5(8)9/h10H,3H2,1-2H3,(H,8,9)/i1+1,2D3,3+1D2,4+1,5+1,6+1. The van der Waals surface area contributed by atoms with Crippen LogP contribution in [0, 0.1) is 0 Å². The summed E-state index contributed by atoms with van der Waals surface area (Å²) in [7, 11) is 0. The Morgan fingerprint density at radius 1 is 1.80 bits per heavy atom. The Hall–Kier alpha value is -0.900. The second-order valence-corrected chi connectivity index (χ2v) is 1.59. The molecule has 58 valence electrons. The zero-order valence-electron chi connectivity index (χ0n) is 10.2. The van der Waals surface area contributed by atoms with Crippen LogP contribution in [0.15, 0.2) is 0 Å². The molecule has 0 saturated heterocycles. The van der Waals surface area contributed by atoms with Crippen molar-refractivity contribution in [2.24, 2.45) is 0 Å². The highest BCUT2D eigenvalue weighted by Gasteiger charge is 2.38. The lowest BCUT2D eigenvalue weighted by Crippen LogP contribution is -2.44. The summed E-state index contributed by atoms with van der Waals surface area (Å²) in [4.78, 5) is 21.7. The Labute approximate surface area is 65.5 Å². The van der Waals surface area contributed by atoms with Crippen molar-refractivity contribution >= 4 is 11.8 Å². The Morgan fingerprint density at radius 2 is 2.30 bits per heavy atom. The fraction of sp³-hybridized carbons (Fsp3) is 0.667. The van der Waals surface area contributed by atoms with Gasteiger partial charge in [0.2, 0.25) is 5.60 Å². The first-order chi connectivity index (χ1) is 6.35. The number of hydrogen-bond acceptors (Lipinski definition) is 3. The van der Waals surface area contributed by atoms with E-state index in [1.165, 1.54) is 0 Å². The van der Waals surface area contributed by atoms with Gasteiger partial charge in [0.25, 0.3) is 0 Å². The Balaban J connectivity index is 5.55. The van der Waals surface area contributed by atoms with Crippen LogP contribution in [0.5, 0.6) is 0 Å². The van der Waals surface area contributed by atoms with Crippen molar-refractivity contribution in [2.75, 3.05) is 0 Å². The SMILES string of the molecule is [2H]C([2H])([2H])[13C](=O)[13C](O)([13C](=O)O)[13C]([2H])([2H])[13CH3]. The molecule has 0 aromatic carbocycles. The molecule has 0 amide bonds. The van der Waals surface area contributed by atoms with E-state index >= 15 is 0 Å². The van der Waals surface area contributed by atoms with Crippen molar-refractivity contribution in [1.29, 1.82) is 0 Å². The molecule has 0 spiro atoms. The molecule has 0 rings (SSSR count). The predicted octanol–water partition coefficient (Wildman–Crippen LogP) is -0.199. The van der Waals surface area contributed by atoms with E-state index in [0.29, 0.717) is 6.92 Å². The van der Waals surface area contributed by atoms with E-state index in [1.807, 2.05) is 0 Å². The number of carboxylic acid groups (broad SMARTS) is 1. The molecule has 0 aromatic heterocycles. The minimum atomic E-state index is -3.57. The fourth-order valence-electron chi connectivity index (χ4n) is 0.318. The number of Topliss-reactive ketones (excluding diaryl/α,β-unsaturated/α-hetero) is 1. The van der Waals surface area contributed by atoms with Crippen molar-refractivity contribution in [3.63, 3.8) is 0 Å². The number of aliphatic carboxylic acids is 1. The largest absolute Gasteiger partial charge is 0.479 e. The van der Waals surface area contributed by atoms with Crippen molar-refractivity contribution in [2.45, 2.75) is 25.7 Å². The van der Waals surface area contributed by atoms with Crippen LogP contribution >= 0.6 is 0 Å². The molecule has 4 nitrogen and oxygen atoms in total. The van der Waals surface area contributed by atoms with Crippen LogP contribution in [-0.2, 0) is 9.59 Å². The molecule has 4 heteroatoms. The molecule has 0 aliphatic carbocycles. The molecule has 0 saturated carbocycles.